The second kappa shape index (κ2) is 5.21. The Bertz CT molecular complexity index is 838. The van der Waals surface area contributed by atoms with E-state index in [0.29, 0.717) is 0 Å². The van der Waals surface area contributed by atoms with Crippen LogP contribution in [0.3, 0.4) is 0 Å². The SMILES string of the molecule is Cc1ccc(C)c(N=Cc2c(C)n(C)c3ccccc23)c1. The fourth-order valence-corrected chi connectivity index (χ4v) is 2.71. The van der Waals surface area contributed by atoms with Crippen LogP contribution in [0.25, 0.3) is 10.9 Å². The summed E-state index contributed by atoms with van der Waals surface area (Å²) in [5, 5.41) is 1.26. The zero-order valence-electron chi connectivity index (χ0n) is 13.0. The van der Waals surface area contributed by atoms with E-state index in [0.717, 1.165) is 5.69 Å². The summed E-state index contributed by atoms with van der Waals surface area (Å²) in [7, 11) is 2.10. The van der Waals surface area contributed by atoms with E-state index in [2.05, 4.69) is 74.9 Å². The minimum absolute atomic E-state index is 1.04. The number of hydrogen-bond donors (Lipinski definition) is 0. The van der Waals surface area contributed by atoms with E-state index >= 15 is 0 Å². The molecule has 3 aromatic rings. The monoisotopic (exact) mass is 276 g/mol. The predicted octanol–water partition coefficient (Wildman–Crippen LogP) is 4.85. The Morgan fingerprint density at radius 2 is 1.76 bits per heavy atom. The molecule has 3 rings (SSSR count). The molecular formula is C19H20N2. The fraction of sp³-hybridized carbons (Fsp3) is 0.211. The van der Waals surface area contributed by atoms with Gasteiger partial charge in [-0.1, -0.05) is 30.3 Å². The summed E-state index contributed by atoms with van der Waals surface area (Å²) in [5.41, 5.74) is 7.18. The molecule has 21 heavy (non-hydrogen) atoms. The van der Waals surface area contributed by atoms with Crippen molar-refractivity contribution in [1.29, 1.82) is 0 Å². The molecule has 0 aliphatic heterocycles. The molecule has 0 radical (unpaired) electrons. The largest absolute Gasteiger partial charge is 0.347 e. The van der Waals surface area contributed by atoms with Crippen molar-refractivity contribution in [3.8, 4) is 0 Å². The van der Waals surface area contributed by atoms with Gasteiger partial charge in [-0.25, -0.2) is 0 Å². The van der Waals surface area contributed by atoms with Crippen LogP contribution >= 0.6 is 0 Å². The molecule has 0 atom stereocenters. The van der Waals surface area contributed by atoms with E-state index in [4.69, 9.17) is 4.99 Å². The van der Waals surface area contributed by atoms with Crippen molar-refractivity contribution in [1.82, 2.24) is 4.57 Å². The van der Waals surface area contributed by atoms with Gasteiger partial charge in [0.15, 0.2) is 0 Å². The molecule has 0 saturated heterocycles. The van der Waals surface area contributed by atoms with Gasteiger partial charge < -0.3 is 4.57 Å². The summed E-state index contributed by atoms with van der Waals surface area (Å²) >= 11 is 0. The number of fused-ring (bicyclic) bond motifs is 1. The second-order valence-corrected chi connectivity index (χ2v) is 5.62. The molecule has 2 nitrogen and oxygen atoms in total. The van der Waals surface area contributed by atoms with Crippen LogP contribution in [-0.2, 0) is 7.05 Å². The highest BCUT2D eigenvalue weighted by atomic mass is 14.9. The summed E-state index contributed by atoms with van der Waals surface area (Å²) in [5.74, 6) is 0. The standard InChI is InChI=1S/C19H20N2/c1-13-9-10-14(2)18(11-13)20-12-17-15(3)21(4)19-8-6-5-7-16(17)19/h5-12H,1-4H3. The van der Waals surface area contributed by atoms with Crippen LogP contribution in [-0.4, -0.2) is 10.8 Å². The van der Waals surface area contributed by atoms with Crippen molar-refractivity contribution in [2.24, 2.45) is 12.0 Å². The van der Waals surface area contributed by atoms with Crippen LogP contribution in [0.4, 0.5) is 5.69 Å². The van der Waals surface area contributed by atoms with Gasteiger partial charge in [0.05, 0.1) is 5.69 Å². The number of rotatable bonds is 2. The van der Waals surface area contributed by atoms with E-state index in [1.165, 1.54) is 33.3 Å². The molecule has 0 saturated carbocycles. The Kier molecular flexibility index (Phi) is 3.38. The zero-order valence-corrected chi connectivity index (χ0v) is 13.0. The highest BCUT2D eigenvalue weighted by molar-refractivity contribution is 6.01. The maximum absolute atomic E-state index is 4.72. The van der Waals surface area contributed by atoms with Gasteiger partial charge >= 0.3 is 0 Å². The third-order valence-electron chi connectivity index (χ3n) is 4.15. The summed E-state index contributed by atoms with van der Waals surface area (Å²) in [6.07, 6.45) is 2.00. The van der Waals surface area contributed by atoms with Crippen LogP contribution in [0.1, 0.15) is 22.4 Å². The Balaban J connectivity index is 2.12. The van der Waals surface area contributed by atoms with E-state index in [-0.39, 0.29) is 0 Å². The number of hydrogen-bond acceptors (Lipinski definition) is 1. The molecule has 0 amide bonds. The molecule has 2 heteroatoms. The van der Waals surface area contributed by atoms with Crippen LogP contribution in [0, 0.1) is 20.8 Å². The van der Waals surface area contributed by atoms with Gasteiger partial charge in [-0.05, 0) is 44.0 Å². The van der Waals surface area contributed by atoms with Crippen molar-refractivity contribution < 1.29 is 0 Å². The number of aliphatic imine (C=N–C) groups is 1. The molecule has 2 aromatic carbocycles. The highest BCUT2D eigenvalue weighted by Gasteiger charge is 2.09. The number of para-hydroxylation sites is 1. The lowest BCUT2D eigenvalue weighted by Gasteiger charge is -2.01. The van der Waals surface area contributed by atoms with Gasteiger partial charge in [-0.2, -0.15) is 0 Å². The first-order valence-electron chi connectivity index (χ1n) is 7.23. The maximum Gasteiger partial charge on any atom is 0.0661 e. The van der Waals surface area contributed by atoms with E-state index < -0.39 is 0 Å². The van der Waals surface area contributed by atoms with Gasteiger partial charge in [0.2, 0.25) is 0 Å². The predicted molar refractivity (Wildman–Crippen MR) is 90.8 cm³/mol. The lowest BCUT2D eigenvalue weighted by Crippen LogP contribution is -1.91. The average Bonchev–Trinajstić information content (AvgIpc) is 2.73. The maximum atomic E-state index is 4.72. The van der Waals surface area contributed by atoms with Gasteiger partial charge in [0.25, 0.3) is 0 Å². The molecule has 0 spiro atoms. The van der Waals surface area contributed by atoms with E-state index in [1.54, 1.807) is 0 Å². The van der Waals surface area contributed by atoms with Crippen LogP contribution < -0.4 is 0 Å². The Labute approximate surface area is 125 Å². The Morgan fingerprint density at radius 1 is 1.00 bits per heavy atom. The molecule has 1 aromatic heterocycles. The van der Waals surface area contributed by atoms with Gasteiger partial charge in [0.1, 0.15) is 0 Å². The summed E-state index contributed by atoms with van der Waals surface area (Å²) in [4.78, 5) is 4.72. The molecule has 0 fully saturated rings. The van der Waals surface area contributed by atoms with Crippen molar-refractivity contribution in [3.63, 3.8) is 0 Å². The van der Waals surface area contributed by atoms with Crippen LogP contribution in [0.5, 0.6) is 0 Å². The zero-order chi connectivity index (χ0) is 15.0. The highest BCUT2D eigenvalue weighted by Crippen LogP contribution is 2.25. The normalized spacial score (nSPS) is 11.6. The summed E-state index contributed by atoms with van der Waals surface area (Å²) < 4.78 is 2.22. The van der Waals surface area contributed by atoms with Gasteiger partial charge in [-0.15, -0.1) is 0 Å². The second-order valence-electron chi connectivity index (χ2n) is 5.62. The summed E-state index contributed by atoms with van der Waals surface area (Å²) in [6, 6.07) is 14.8. The number of nitrogens with zero attached hydrogens (tertiary/aromatic N) is 2. The molecule has 106 valence electrons. The minimum Gasteiger partial charge on any atom is -0.347 e. The van der Waals surface area contributed by atoms with Crippen molar-refractivity contribution in [2.75, 3.05) is 0 Å². The molecule has 0 N–H and O–H groups in total. The quantitative estimate of drug-likeness (QED) is 0.595. The molecular weight excluding hydrogens is 256 g/mol. The average molecular weight is 276 g/mol. The van der Waals surface area contributed by atoms with Gasteiger partial charge in [-0.3, -0.25) is 4.99 Å². The molecule has 0 aliphatic rings. The van der Waals surface area contributed by atoms with Crippen molar-refractivity contribution in [3.05, 3.63) is 64.8 Å². The third-order valence-corrected chi connectivity index (χ3v) is 4.15. The van der Waals surface area contributed by atoms with Crippen molar-refractivity contribution >= 4 is 22.8 Å². The topological polar surface area (TPSA) is 17.3 Å². The molecule has 1 heterocycles. The van der Waals surface area contributed by atoms with Crippen LogP contribution in [0.2, 0.25) is 0 Å². The minimum atomic E-state index is 1.04. The first-order valence-corrected chi connectivity index (χ1v) is 7.23. The number of benzene rings is 2. The lowest BCUT2D eigenvalue weighted by molar-refractivity contribution is 0.917. The molecule has 0 aliphatic carbocycles. The third kappa shape index (κ3) is 2.38. The molecule has 0 unspecified atom stereocenters. The van der Waals surface area contributed by atoms with Crippen LogP contribution in [0.15, 0.2) is 47.5 Å². The van der Waals surface area contributed by atoms with Gasteiger partial charge in [0, 0.05) is 35.4 Å². The lowest BCUT2D eigenvalue weighted by atomic mass is 10.1. The first-order chi connectivity index (χ1) is 10.1. The Morgan fingerprint density at radius 3 is 2.57 bits per heavy atom. The number of aryl methyl sites for hydroxylation is 3. The Hall–Kier alpha value is -2.35. The fourth-order valence-electron chi connectivity index (χ4n) is 2.71. The molecule has 0 bridgehead atoms. The van der Waals surface area contributed by atoms with E-state index in [9.17, 15) is 0 Å². The smallest absolute Gasteiger partial charge is 0.0661 e. The number of aromatic nitrogens is 1. The first kappa shape index (κ1) is 13.6. The van der Waals surface area contributed by atoms with Crippen molar-refractivity contribution in [2.45, 2.75) is 20.8 Å². The van der Waals surface area contributed by atoms with E-state index in [1.807, 2.05) is 6.21 Å². The summed E-state index contributed by atoms with van der Waals surface area (Å²) in [6.45, 7) is 6.34.